The van der Waals surface area contributed by atoms with Gasteiger partial charge in [0.05, 0.1) is 5.39 Å². The Morgan fingerprint density at radius 1 is 1.26 bits per heavy atom. The quantitative estimate of drug-likeness (QED) is 0.381. The van der Waals surface area contributed by atoms with Crippen molar-refractivity contribution in [2.24, 2.45) is 7.05 Å². The van der Waals surface area contributed by atoms with Gasteiger partial charge in [-0.05, 0) is 38.2 Å². The molecule has 9 nitrogen and oxygen atoms in total. The average molecular weight is 439 g/mol. The van der Waals surface area contributed by atoms with Gasteiger partial charge in [0.1, 0.15) is 33.7 Å². The zero-order chi connectivity index (χ0) is 21.7. The predicted molar refractivity (Wildman–Crippen MR) is 116 cm³/mol. The maximum Gasteiger partial charge on any atom is 0.343 e. The molecule has 0 atom stereocenters. The van der Waals surface area contributed by atoms with Gasteiger partial charge >= 0.3 is 5.97 Å². The Kier molecular flexibility index (Phi) is 4.73. The number of hydrogen-bond donors (Lipinski definition) is 1. The van der Waals surface area contributed by atoms with Gasteiger partial charge in [-0.25, -0.2) is 19.7 Å². The maximum atomic E-state index is 12.8. The van der Waals surface area contributed by atoms with Gasteiger partial charge in [0, 0.05) is 11.9 Å². The summed E-state index contributed by atoms with van der Waals surface area (Å²) in [6, 6.07) is 0. The largest absolute Gasteiger partial charge is 0.454 e. The van der Waals surface area contributed by atoms with Crippen LogP contribution in [0, 0.1) is 6.92 Å². The lowest BCUT2D eigenvalue weighted by molar-refractivity contribution is 0.0462. The third kappa shape index (κ3) is 3.27. The molecule has 0 fully saturated rings. The van der Waals surface area contributed by atoms with Crippen LogP contribution in [0.25, 0.3) is 21.3 Å². The number of nitrogen functional groups attached to an aromatic ring is 1. The molecule has 4 heterocycles. The molecule has 0 aliphatic heterocycles. The first-order valence-electron chi connectivity index (χ1n) is 10.1. The van der Waals surface area contributed by atoms with Crippen molar-refractivity contribution in [1.82, 2.24) is 19.5 Å². The molecule has 4 aromatic rings. The van der Waals surface area contributed by atoms with Gasteiger partial charge in [-0.2, -0.15) is 0 Å². The van der Waals surface area contributed by atoms with Crippen LogP contribution in [0.1, 0.15) is 51.6 Å². The zero-order valence-electron chi connectivity index (χ0n) is 17.2. The number of nitrogens with zero attached hydrogens (tertiary/aromatic N) is 4. The van der Waals surface area contributed by atoms with Crippen LogP contribution in [0.2, 0.25) is 0 Å². The van der Waals surface area contributed by atoms with Crippen LogP contribution in [0.4, 0.5) is 5.82 Å². The van der Waals surface area contributed by atoms with Crippen molar-refractivity contribution in [1.29, 1.82) is 0 Å². The molecule has 0 radical (unpaired) electrons. The Hall–Kier alpha value is -3.27. The van der Waals surface area contributed by atoms with Crippen molar-refractivity contribution in [3.8, 4) is 0 Å². The lowest BCUT2D eigenvalue weighted by Gasteiger charge is -2.06. The second-order valence-corrected chi connectivity index (χ2v) is 8.80. The Labute approximate surface area is 180 Å². The number of esters is 1. The van der Waals surface area contributed by atoms with Crippen molar-refractivity contribution in [3.05, 3.63) is 44.3 Å². The van der Waals surface area contributed by atoms with Gasteiger partial charge < -0.3 is 19.5 Å². The summed E-state index contributed by atoms with van der Waals surface area (Å²) in [6.45, 7) is 1.44. The summed E-state index contributed by atoms with van der Waals surface area (Å²) < 4.78 is 12.2. The van der Waals surface area contributed by atoms with Crippen LogP contribution in [0.3, 0.4) is 0 Å². The third-order valence-electron chi connectivity index (χ3n) is 5.62. The summed E-state index contributed by atoms with van der Waals surface area (Å²) in [5.41, 5.74) is 7.32. The molecule has 0 saturated carbocycles. The maximum absolute atomic E-state index is 12.8. The first-order chi connectivity index (χ1) is 14.9. The molecule has 1 aliphatic carbocycles. The Bertz CT molecular complexity index is 1400. The number of hydrogen-bond acceptors (Lipinski definition) is 9. The van der Waals surface area contributed by atoms with E-state index in [0.717, 1.165) is 29.5 Å². The Balaban J connectivity index is 1.45. The monoisotopic (exact) mass is 439 g/mol. The van der Waals surface area contributed by atoms with E-state index < -0.39 is 5.97 Å². The molecule has 0 aromatic carbocycles. The number of nitrogens with two attached hydrogens (primary N) is 1. The molecule has 31 heavy (non-hydrogen) atoms. The van der Waals surface area contributed by atoms with Crippen LogP contribution in [-0.2, 0) is 31.2 Å². The molecule has 160 valence electrons. The van der Waals surface area contributed by atoms with Gasteiger partial charge in [0.2, 0.25) is 5.71 Å². The van der Waals surface area contributed by atoms with Crippen molar-refractivity contribution < 1.29 is 13.9 Å². The van der Waals surface area contributed by atoms with E-state index in [4.69, 9.17) is 14.9 Å². The van der Waals surface area contributed by atoms with E-state index in [1.165, 1.54) is 34.2 Å². The number of anilines is 1. The Morgan fingerprint density at radius 2 is 2.06 bits per heavy atom. The fourth-order valence-electron chi connectivity index (χ4n) is 4.11. The fourth-order valence-corrected chi connectivity index (χ4v) is 5.40. The van der Waals surface area contributed by atoms with E-state index in [2.05, 4.69) is 15.0 Å². The standard InChI is InChI=1S/C21H21N5O4S/c1-10-14(16-18(30-10)23-9-26(2)20(16)27)21(28)29-8-13-24-17(22)15-11-6-4-3-5-7-12(11)31-19(15)25-13/h9H,3-8H2,1-2H3,(H2,22,24,25). The first-order valence-corrected chi connectivity index (χ1v) is 10.9. The number of rotatable bonds is 3. The lowest BCUT2D eigenvalue weighted by atomic mass is 10.1. The molecule has 0 amide bonds. The summed E-state index contributed by atoms with van der Waals surface area (Å²) >= 11 is 1.64. The highest BCUT2D eigenvalue weighted by atomic mass is 32.1. The zero-order valence-corrected chi connectivity index (χ0v) is 18.0. The highest BCUT2D eigenvalue weighted by Gasteiger charge is 2.25. The molecule has 5 rings (SSSR count). The highest BCUT2D eigenvalue weighted by Crippen LogP contribution is 2.37. The van der Waals surface area contributed by atoms with Crippen LogP contribution < -0.4 is 11.3 Å². The number of furan rings is 1. The summed E-state index contributed by atoms with van der Waals surface area (Å²) in [7, 11) is 1.56. The molecule has 1 aliphatic rings. The van der Waals surface area contributed by atoms with E-state index in [-0.39, 0.29) is 34.6 Å². The average Bonchev–Trinajstić information content (AvgIpc) is 3.17. The minimum atomic E-state index is -0.689. The van der Waals surface area contributed by atoms with Gasteiger partial charge in [-0.1, -0.05) is 6.42 Å². The highest BCUT2D eigenvalue weighted by molar-refractivity contribution is 7.19. The summed E-state index contributed by atoms with van der Waals surface area (Å²) in [6.07, 6.45) is 6.91. The summed E-state index contributed by atoms with van der Waals surface area (Å²) in [5.74, 6) is 0.323. The van der Waals surface area contributed by atoms with Crippen molar-refractivity contribution in [2.75, 3.05) is 5.73 Å². The van der Waals surface area contributed by atoms with E-state index in [1.54, 1.807) is 25.3 Å². The smallest absolute Gasteiger partial charge is 0.343 e. The van der Waals surface area contributed by atoms with Crippen LogP contribution in [0.15, 0.2) is 15.5 Å². The molecular formula is C21H21N5O4S. The van der Waals surface area contributed by atoms with Crippen molar-refractivity contribution in [3.63, 3.8) is 0 Å². The second kappa shape index (κ2) is 7.45. The topological polar surface area (TPSA) is 126 Å². The number of ether oxygens (including phenoxy) is 1. The van der Waals surface area contributed by atoms with Gasteiger partial charge in [0.15, 0.2) is 12.4 Å². The number of aryl methyl sites for hydroxylation is 4. The van der Waals surface area contributed by atoms with Crippen LogP contribution >= 0.6 is 11.3 Å². The van der Waals surface area contributed by atoms with E-state index in [9.17, 15) is 9.59 Å². The van der Waals surface area contributed by atoms with Crippen LogP contribution in [0.5, 0.6) is 0 Å². The van der Waals surface area contributed by atoms with E-state index in [1.807, 2.05) is 0 Å². The number of thiophene rings is 1. The summed E-state index contributed by atoms with van der Waals surface area (Å²) in [5, 5.41) is 1.04. The molecule has 0 unspecified atom stereocenters. The van der Waals surface area contributed by atoms with Crippen LogP contribution in [-0.4, -0.2) is 25.5 Å². The summed E-state index contributed by atoms with van der Waals surface area (Å²) in [4.78, 5) is 40.4. The van der Waals surface area contributed by atoms with Gasteiger partial charge in [0.25, 0.3) is 5.56 Å². The van der Waals surface area contributed by atoms with Gasteiger partial charge in [-0.3, -0.25) is 4.79 Å². The van der Waals surface area contributed by atoms with E-state index in [0.29, 0.717) is 11.6 Å². The molecule has 10 heteroatoms. The normalized spacial score (nSPS) is 14.0. The second-order valence-electron chi connectivity index (χ2n) is 7.72. The lowest BCUT2D eigenvalue weighted by Crippen LogP contribution is -2.19. The third-order valence-corrected chi connectivity index (χ3v) is 6.81. The first kappa shape index (κ1) is 19.7. The van der Waals surface area contributed by atoms with Crippen molar-refractivity contribution >= 4 is 44.4 Å². The molecule has 2 N–H and O–H groups in total. The fraction of sp³-hybridized carbons (Fsp3) is 0.381. The number of fused-ring (bicyclic) bond motifs is 4. The Morgan fingerprint density at radius 3 is 2.90 bits per heavy atom. The molecule has 0 saturated heterocycles. The SMILES string of the molecule is Cc1oc2ncn(C)c(=O)c2c1C(=O)OCc1nc(N)c2c3c(sc2n1)CCCCC3. The molecule has 0 spiro atoms. The molecule has 4 aromatic heterocycles. The number of carbonyl (C=O) groups is 1. The number of aromatic nitrogens is 4. The van der Waals surface area contributed by atoms with E-state index >= 15 is 0 Å². The van der Waals surface area contributed by atoms with Crippen molar-refractivity contribution in [2.45, 2.75) is 45.6 Å². The minimum absolute atomic E-state index is 0.0700. The molecular weight excluding hydrogens is 418 g/mol. The molecule has 0 bridgehead atoms. The number of carbonyl (C=O) groups excluding carboxylic acids is 1. The minimum Gasteiger partial charge on any atom is -0.454 e. The predicted octanol–water partition coefficient (Wildman–Crippen LogP) is 3.05. The van der Waals surface area contributed by atoms with Gasteiger partial charge in [-0.15, -0.1) is 11.3 Å².